The summed E-state index contributed by atoms with van der Waals surface area (Å²) in [5, 5.41) is 18.0. The van der Waals surface area contributed by atoms with Crippen LogP contribution in [-0.2, 0) is 14.3 Å². The van der Waals surface area contributed by atoms with E-state index in [2.05, 4.69) is 4.74 Å². The summed E-state index contributed by atoms with van der Waals surface area (Å²) in [5.74, 6) is -4.02. The van der Waals surface area contributed by atoms with Crippen molar-refractivity contribution in [1.29, 1.82) is 0 Å². The zero-order chi connectivity index (χ0) is 11.3. The Morgan fingerprint density at radius 1 is 1.36 bits per heavy atom. The minimum Gasteiger partial charge on any atom is -0.481 e. The molecule has 2 N–H and O–H groups in total. The molecule has 0 fully saturated rings. The minimum atomic E-state index is -1.30. The number of carboxylic acids is 1. The molecule has 0 heterocycles. The third-order valence-electron chi connectivity index (χ3n) is 2.09. The molecule has 0 saturated carbocycles. The van der Waals surface area contributed by atoms with Crippen LogP contribution in [0.25, 0.3) is 0 Å². The molecule has 14 heavy (non-hydrogen) atoms. The summed E-state index contributed by atoms with van der Waals surface area (Å²) in [4.78, 5) is 22.0. The molecule has 82 valence electrons. The molecule has 0 aliphatic heterocycles. The Morgan fingerprint density at radius 2 is 1.86 bits per heavy atom. The van der Waals surface area contributed by atoms with Crippen LogP contribution in [0.5, 0.6) is 0 Å². The summed E-state index contributed by atoms with van der Waals surface area (Å²) in [7, 11) is 0. The topological polar surface area (TPSA) is 83.8 Å². The highest BCUT2D eigenvalue weighted by atomic mass is 16.5. The molecule has 0 radical (unpaired) electrons. The molecule has 0 bridgehead atoms. The van der Waals surface area contributed by atoms with Crippen molar-refractivity contribution in [2.24, 2.45) is 11.8 Å². The van der Waals surface area contributed by atoms with Crippen LogP contribution in [0.3, 0.4) is 0 Å². The highest BCUT2D eigenvalue weighted by Crippen LogP contribution is 2.17. The lowest BCUT2D eigenvalue weighted by molar-refractivity contribution is -0.162. The fourth-order valence-corrected chi connectivity index (χ4v) is 1.05. The molecule has 0 aliphatic rings. The predicted molar refractivity (Wildman–Crippen MR) is 48.6 cm³/mol. The molecule has 0 saturated heterocycles. The normalized spacial score (nSPS) is 16.9. The summed E-state index contributed by atoms with van der Waals surface area (Å²) >= 11 is 0. The maximum Gasteiger partial charge on any atom is 0.320 e. The Labute approximate surface area is 82.7 Å². The smallest absolute Gasteiger partial charge is 0.320 e. The van der Waals surface area contributed by atoms with E-state index < -0.39 is 29.9 Å². The van der Waals surface area contributed by atoms with Crippen LogP contribution >= 0.6 is 0 Å². The number of aliphatic hydroxyl groups excluding tert-OH is 1. The monoisotopic (exact) mass is 204 g/mol. The fraction of sp³-hybridized carbons (Fsp3) is 0.778. The number of hydrogen-bond donors (Lipinski definition) is 2. The summed E-state index contributed by atoms with van der Waals surface area (Å²) in [6.07, 6.45) is -0.861. The van der Waals surface area contributed by atoms with Gasteiger partial charge in [0, 0.05) is 5.92 Å². The van der Waals surface area contributed by atoms with Crippen LogP contribution in [0, 0.1) is 11.8 Å². The maximum absolute atomic E-state index is 11.2. The molecular formula is C9H16O5. The lowest BCUT2D eigenvalue weighted by Crippen LogP contribution is -2.36. The number of carboxylic acid groups (broad SMARTS) is 1. The molecule has 5 nitrogen and oxygen atoms in total. The van der Waals surface area contributed by atoms with Crippen LogP contribution in [-0.4, -0.2) is 34.9 Å². The fourth-order valence-electron chi connectivity index (χ4n) is 1.05. The predicted octanol–water partition coefficient (Wildman–Crippen LogP) is 0.267. The molecule has 0 rings (SSSR count). The van der Waals surface area contributed by atoms with Crippen LogP contribution < -0.4 is 0 Å². The van der Waals surface area contributed by atoms with Gasteiger partial charge in [-0.05, 0) is 13.8 Å². The van der Waals surface area contributed by atoms with Gasteiger partial charge in [0.15, 0.2) is 5.92 Å². The third kappa shape index (κ3) is 3.33. The van der Waals surface area contributed by atoms with Crippen molar-refractivity contribution >= 4 is 11.9 Å². The van der Waals surface area contributed by atoms with E-state index in [1.807, 2.05) is 0 Å². The highest BCUT2D eigenvalue weighted by molar-refractivity contribution is 5.94. The minimum absolute atomic E-state index is 0.134. The number of carbonyl (C=O) groups excluding carboxylic acids is 1. The summed E-state index contributed by atoms with van der Waals surface area (Å²) in [6, 6.07) is 0. The van der Waals surface area contributed by atoms with Gasteiger partial charge in [-0.3, -0.25) is 9.59 Å². The second-order valence-electron chi connectivity index (χ2n) is 3.17. The van der Waals surface area contributed by atoms with Gasteiger partial charge >= 0.3 is 11.9 Å². The molecule has 0 aromatic carbocycles. The number of rotatable bonds is 5. The Balaban J connectivity index is 4.59. The molecule has 0 aromatic heterocycles. The van der Waals surface area contributed by atoms with Gasteiger partial charge in [0.2, 0.25) is 0 Å². The van der Waals surface area contributed by atoms with Crippen LogP contribution in [0.4, 0.5) is 0 Å². The quantitative estimate of drug-likeness (QED) is 0.496. The van der Waals surface area contributed by atoms with Gasteiger partial charge in [-0.25, -0.2) is 0 Å². The molecular weight excluding hydrogens is 188 g/mol. The summed E-state index contributed by atoms with van der Waals surface area (Å²) < 4.78 is 4.61. The zero-order valence-electron chi connectivity index (χ0n) is 8.56. The summed E-state index contributed by atoms with van der Waals surface area (Å²) in [5.41, 5.74) is 0. The average Bonchev–Trinajstić information content (AvgIpc) is 2.03. The largest absolute Gasteiger partial charge is 0.481 e. The van der Waals surface area contributed by atoms with Crippen molar-refractivity contribution in [2.75, 3.05) is 6.61 Å². The van der Waals surface area contributed by atoms with Crippen LogP contribution in [0.1, 0.15) is 20.8 Å². The number of carbonyl (C=O) groups is 2. The first kappa shape index (κ1) is 12.9. The van der Waals surface area contributed by atoms with Gasteiger partial charge in [-0.2, -0.15) is 0 Å². The van der Waals surface area contributed by atoms with Gasteiger partial charge in [0.25, 0.3) is 0 Å². The number of esters is 1. The van der Waals surface area contributed by atoms with Crippen molar-refractivity contribution in [1.82, 2.24) is 0 Å². The first-order valence-corrected chi connectivity index (χ1v) is 4.49. The van der Waals surface area contributed by atoms with E-state index in [-0.39, 0.29) is 6.61 Å². The van der Waals surface area contributed by atoms with Crippen molar-refractivity contribution < 1.29 is 24.5 Å². The lowest BCUT2D eigenvalue weighted by atomic mass is 9.90. The van der Waals surface area contributed by atoms with E-state index in [0.29, 0.717) is 0 Å². The first-order valence-electron chi connectivity index (χ1n) is 4.49. The summed E-state index contributed by atoms with van der Waals surface area (Å²) in [6.45, 7) is 4.68. The van der Waals surface area contributed by atoms with E-state index >= 15 is 0 Å². The van der Waals surface area contributed by atoms with E-state index in [0.717, 1.165) is 0 Å². The number of aliphatic hydroxyl groups is 1. The first-order chi connectivity index (χ1) is 6.41. The molecule has 0 amide bonds. The number of ether oxygens (including phenoxy) is 1. The second-order valence-corrected chi connectivity index (χ2v) is 3.17. The zero-order valence-corrected chi connectivity index (χ0v) is 8.56. The van der Waals surface area contributed by atoms with E-state index in [4.69, 9.17) is 5.11 Å². The molecule has 0 aliphatic carbocycles. The van der Waals surface area contributed by atoms with Gasteiger partial charge in [-0.1, -0.05) is 6.92 Å². The van der Waals surface area contributed by atoms with E-state index in [9.17, 15) is 14.7 Å². The molecule has 0 aromatic rings. The number of hydrogen-bond acceptors (Lipinski definition) is 4. The SMILES string of the molecule is CCOC(=O)C(C(=O)O)C(C)C(C)O. The third-order valence-corrected chi connectivity index (χ3v) is 2.09. The lowest BCUT2D eigenvalue weighted by Gasteiger charge is -2.20. The van der Waals surface area contributed by atoms with Gasteiger partial charge in [-0.15, -0.1) is 0 Å². The molecule has 5 heteroatoms. The van der Waals surface area contributed by atoms with Crippen molar-refractivity contribution in [3.63, 3.8) is 0 Å². The highest BCUT2D eigenvalue weighted by Gasteiger charge is 2.35. The molecule has 0 spiro atoms. The van der Waals surface area contributed by atoms with Crippen molar-refractivity contribution in [2.45, 2.75) is 26.9 Å². The Kier molecular flexibility index (Phi) is 5.15. The van der Waals surface area contributed by atoms with E-state index in [1.165, 1.54) is 13.8 Å². The molecule has 3 atom stereocenters. The van der Waals surface area contributed by atoms with Gasteiger partial charge in [0.1, 0.15) is 0 Å². The van der Waals surface area contributed by atoms with Crippen LogP contribution in [0.15, 0.2) is 0 Å². The Morgan fingerprint density at radius 3 is 2.14 bits per heavy atom. The van der Waals surface area contributed by atoms with Crippen LogP contribution in [0.2, 0.25) is 0 Å². The van der Waals surface area contributed by atoms with Crippen molar-refractivity contribution in [3.8, 4) is 0 Å². The van der Waals surface area contributed by atoms with Gasteiger partial charge in [0.05, 0.1) is 12.7 Å². The maximum atomic E-state index is 11.2. The van der Waals surface area contributed by atoms with Gasteiger partial charge < -0.3 is 14.9 Å². The second kappa shape index (κ2) is 5.59. The molecule has 3 unspecified atom stereocenters. The van der Waals surface area contributed by atoms with Crippen molar-refractivity contribution in [3.05, 3.63) is 0 Å². The number of aliphatic carboxylic acids is 1. The standard InChI is InChI=1S/C9H16O5/c1-4-14-9(13)7(8(11)12)5(2)6(3)10/h5-7,10H,4H2,1-3H3,(H,11,12). The van der Waals surface area contributed by atoms with E-state index in [1.54, 1.807) is 6.92 Å². The Bertz CT molecular complexity index is 211. The average molecular weight is 204 g/mol. The Hall–Kier alpha value is -1.10.